The van der Waals surface area contributed by atoms with Gasteiger partial charge in [-0.3, -0.25) is 0 Å². The van der Waals surface area contributed by atoms with Gasteiger partial charge in [-0.1, -0.05) is 0 Å². The van der Waals surface area contributed by atoms with Crippen LogP contribution < -0.4 is 0 Å². The monoisotopic (exact) mass is 157 g/mol. The van der Waals surface area contributed by atoms with Crippen LogP contribution in [0.15, 0.2) is 0 Å². The van der Waals surface area contributed by atoms with Crippen molar-refractivity contribution in [3.8, 4) is 0 Å². The van der Waals surface area contributed by atoms with Crippen molar-refractivity contribution in [1.82, 2.24) is 0 Å². The Balaban J connectivity index is 0. The minimum absolute atomic E-state index is 0. The Morgan fingerprint density at radius 2 is 1.17 bits per heavy atom. The van der Waals surface area contributed by atoms with Crippen molar-refractivity contribution >= 4 is 51.4 Å². The second-order valence-corrected chi connectivity index (χ2v) is 1.85. The number of rotatable bonds is 0. The summed E-state index contributed by atoms with van der Waals surface area (Å²) in [7, 11) is 0. The maximum absolute atomic E-state index is 8.82. The van der Waals surface area contributed by atoms with E-state index in [1.807, 2.05) is 0 Å². The van der Waals surface area contributed by atoms with Crippen LogP contribution in [0.2, 0.25) is 0 Å². The van der Waals surface area contributed by atoms with E-state index in [0.717, 1.165) is 0 Å². The second kappa shape index (κ2) is 3.66. The molecule has 0 aliphatic heterocycles. The van der Waals surface area contributed by atoms with Crippen molar-refractivity contribution in [2.45, 2.75) is 0 Å². The summed E-state index contributed by atoms with van der Waals surface area (Å²) in [6.45, 7) is 0. The molecule has 0 unspecified atom stereocenters. The fourth-order valence-electron chi connectivity index (χ4n) is 0. The predicted molar refractivity (Wildman–Crippen MR) is 11.6 cm³/mol. The van der Waals surface area contributed by atoms with E-state index in [2.05, 4.69) is 0 Å². The summed E-state index contributed by atoms with van der Waals surface area (Å²) in [5, 5.41) is 0. The first-order chi connectivity index (χ1) is 2.00. The van der Waals surface area contributed by atoms with Gasteiger partial charge in [-0.05, 0) is 0 Å². The predicted octanol–water partition coefficient (Wildman–Crippen LogP) is -1.73. The van der Waals surface area contributed by atoms with Crippen molar-refractivity contribution < 1.29 is 29.5 Å². The SMILES string of the molecule is [K].[O]=[Cr](=[O])([OH])[OH]. The summed E-state index contributed by atoms with van der Waals surface area (Å²) in [6.07, 6.45) is 0. The average molecular weight is 157 g/mol. The first kappa shape index (κ1) is 10.6. The van der Waals surface area contributed by atoms with Crippen molar-refractivity contribution in [1.29, 1.82) is 0 Å². The maximum atomic E-state index is 8.82. The van der Waals surface area contributed by atoms with Crippen LogP contribution >= 0.6 is 0 Å². The first-order valence-electron chi connectivity index (χ1n) is 0.698. The fourth-order valence-corrected chi connectivity index (χ4v) is 0. The molecule has 0 aromatic heterocycles. The van der Waals surface area contributed by atoms with E-state index in [1.165, 1.54) is 0 Å². The quantitative estimate of drug-likeness (QED) is 0.409. The molecular formula is H2CrKO4. The van der Waals surface area contributed by atoms with Crippen LogP contribution in [0.4, 0.5) is 0 Å². The Hall–Kier alpha value is 1.69. The molecular weight excluding hydrogens is 155 g/mol. The topological polar surface area (TPSA) is 74.6 Å². The second-order valence-electron chi connectivity index (χ2n) is 0.448. The summed E-state index contributed by atoms with van der Waals surface area (Å²) in [6, 6.07) is 0. The summed E-state index contributed by atoms with van der Waals surface area (Å²) in [4.78, 5) is 0. The standard InChI is InChI=1S/Cr.K.2H2O.2O/h;;2*1H2;;/q+2;;;;;/p-2. The zero-order valence-corrected chi connectivity index (χ0v) is 7.52. The van der Waals surface area contributed by atoms with E-state index in [1.54, 1.807) is 0 Å². The van der Waals surface area contributed by atoms with E-state index in [4.69, 9.17) is 15.9 Å². The van der Waals surface area contributed by atoms with Crippen LogP contribution in [0.5, 0.6) is 0 Å². The molecule has 0 heterocycles. The summed E-state index contributed by atoms with van der Waals surface area (Å²) < 4.78 is 31.9. The number of hydrogen-bond donors (Lipinski definition) is 2. The Labute approximate surface area is 79.4 Å². The molecule has 0 aromatic carbocycles. The molecule has 6 heteroatoms. The molecule has 0 aliphatic carbocycles. The molecule has 0 rings (SSSR count). The van der Waals surface area contributed by atoms with E-state index in [0.29, 0.717) is 0 Å². The Bertz CT molecular complexity index is 90.7. The minimum atomic E-state index is -5.25. The van der Waals surface area contributed by atoms with Gasteiger partial charge in [0.25, 0.3) is 0 Å². The van der Waals surface area contributed by atoms with Crippen molar-refractivity contribution in [3.05, 3.63) is 0 Å². The van der Waals surface area contributed by atoms with Crippen LogP contribution in [0.25, 0.3) is 0 Å². The molecule has 0 bridgehead atoms. The van der Waals surface area contributed by atoms with Crippen LogP contribution in [0.1, 0.15) is 0 Å². The van der Waals surface area contributed by atoms with Crippen LogP contribution in [0.3, 0.4) is 0 Å². The molecule has 4 nitrogen and oxygen atoms in total. The van der Waals surface area contributed by atoms with Crippen LogP contribution in [0, 0.1) is 0 Å². The fraction of sp³-hybridized carbons (Fsp3) is 0. The average Bonchev–Trinajstić information content (AvgIpc) is 0.722. The Kier molecular flexibility index (Phi) is 6.49. The van der Waals surface area contributed by atoms with Gasteiger partial charge in [0.2, 0.25) is 0 Å². The third-order valence-electron chi connectivity index (χ3n) is 0. The van der Waals surface area contributed by atoms with E-state index >= 15 is 0 Å². The van der Waals surface area contributed by atoms with Gasteiger partial charge >= 0.3 is 29.5 Å². The molecule has 0 amide bonds. The van der Waals surface area contributed by atoms with Crippen LogP contribution in [-0.2, 0) is 21.2 Å². The van der Waals surface area contributed by atoms with Crippen LogP contribution in [-0.4, -0.2) is 59.7 Å². The zero-order chi connectivity index (χ0) is 4.50. The van der Waals surface area contributed by atoms with Gasteiger partial charge < -0.3 is 0 Å². The van der Waals surface area contributed by atoms with Crippen molar-refractivity contribution in [3.63, 3.8) is 0 Å². The molecule has 2 N–H and O–H groups in total. The molecule has 0 spiro atoms. The molecule has 0 aliphatic rings. The van der Waals surface area contributed by atoms with E-state index in [9.17, 15) is 0 Å². The summed E-state index contributed by atoms with van der Waals surface area (Å²) in [5.41, 5.74) is 0. The van der Waals surface area contributed by atoms with E-state index in [-0.39, 0.29) is 51.4 Å². The third kappa shape index (κ3) is 43.9. The molecule has 1 radical (unpaired) electrons. The van der Waals surface area contributed by atoms with Gasteiger partial charge in [-0.2, -0.15) is 0 Å². The van der Waals surface area contributed by atoms with Crippen molar-refractivity contribution in [2.24, 2.45) is 0 Å². The normalized spacial score (nSPS) is 9.67. The molecule has 0 saturated carbocycles. The molecule has 0 atom stereocenters. The zero-order valence-electron chi connectivity index (χ0n) is 3.12. The Morgan fingerprint density at radius 3 is 1.17 bits per heavy atom. The third-order valence-corrected chi connectivity index (χ3v) is 0. The molecule has 6 heavy (non-hydrogen) atoms. The summed E-state index contributed by atoms with van der Waals surface area (Å²) >= 11 is -5.25. The molecule has 0 fully saturated rings. The van der Waals surface area contributed by atoms with Gasteiger partial charge in [-0.25, -0.2) is 0 Å². The Morgan fingerprint density at radius 1 is 1.17 bits per heavy atom. The van der Waals surface area contributed by atoms with Gasteiger partial charge in [0, 0.05) is 51.4 Å². The van der Waals surface area contributed by atoms with Gasteiger partial charge in [0.05, 0.1) is 0 Å². The van der Waals surface area contributed by atoms with Gasteiger partial charge in [0.15, 0.2) is 0 Å². The van der Waals surface area contributed by atoms with Gasteiger partial charge in [-0.15, -0.1) is 0 Å². The first-order valence-corrected chi connectivity index (χ1v) is 2.88. The molecule has 33 valence electrons. The summed E-state index contributed by atoms with van der Waals surface area (Å²) in [5.74, 6) is 0. The molecule has 0 aromatic rings. The number of hydrogen-bond acceptors (Lipinski definition) is 2. The molecule has 0 saturated heterocycles. The van der Waals surface area contributed by atoms with E-state index < -0.39 is 13.6 Å². The van der Waals surface area contributed by atoms with Crippen molar-refractivity contribution in [2.75, 3.05) is 0 Å². The van der Waals surface area contributed by atoms with Gasteiger partial charge in [0.1, 0.15) is 0 Å².